The van der Waals surface area contributed by atoms with E-state index in [9.17, 15) is 4.79 Å². The molecule has 2 aromatic rings. The van der Waals surface area contributed by atoms with Crippen LogP contribution in [-0.2, 0) is 0 Å². The van der Waals surface area contributed by atoms with Gasteiger partial charge in [-0.2, -0.15) is 0 Å². The Bertz CT molecular complexity index is 683. The van der Waals surface area contributed by atoms with Crippen LogP contribution in [-0.4, -0.2) is 28.0 Å². The summed E-state index contributed by atoms with van der Waals surface area (Å²) in [7, 11) is 0. The van der Waals surface area contributed by atoms with E-state index in [2.05, 4.69) is 15.3 Å². The molecule has 20 heavy (non-hydrogen) atoms. The second kappa shape index (κ2) is 4.83. The number of amides is 1. The highest BCUT2D eigenvalue weighted by Gasteiger charge is 2.28. The molecule has 3 N–H and O–H groups in total. The van der Waals surface area contributed by atoms with Gasteiger partial charge in [0.1, 0.15) is 0 Å². The van der Waals surface area contributed by atoms with Gasteiger partial charge in [0.2, 0.25) is 0 Å². The summed E-state index contributed by atoms with van der Waals surface area (Å²) < 4.78 is 0. The van der Waals surface area contributed by atoms with E-state index < -0.39 is 0 Å². The molecule has 0 aliphatic heterocycles. The van der Waals surface area contributed by atoms with Crippen LogP contribution < -0.4 is 11.1 Å². The molecule has 1 fully saturated rings. The van der Waals surface area contributed by atoms with Crippen LogP contribution in [0.4, 0.5) is 0 Å². The van der Waals surface area contributed by atoms with Gasteiger partial charge in [-0.15, -0.1) is 0 Å². The standard InChI is InChI=1S/C15H18N4O/c1-8-9(2)18-14-7-10(3-5-13(14)17-8)15(20)19-12-6-4-11(12)16/h3,5,7,11-12H,4,6,16H2,1-2H3,(H,19,20)/t11-,12+/m0/s1. The summed E-state index contributed by atoms with van der Waals surface area (Å²) in [5, 5.41) is 2.96. The summed E-state index contributed by atoms with van der Waals surface area (Å²) in [5.41, 5.74) is 9.80. The van der Waals surface area contributed by atoms with Gasteiger partial charge < -0.3 is 11.1 Å². The van der Waals surface area contributed by atoms with Crippen molar-refractivity contribution in [3.8, 4) is 0 Å². The number of benzene rings is 1. The lowest BCUT2D eigenvalue weighted by molar-refractivity contribution is 0.0906. The zero-order chi connectivity index (χ0) is 14.3. The Hall–Kier alpha value is -2.01. The summed E-state index contributed by atoms with van der Waals surface area (Å²) in [5.74, 6) is -0.0907. The van der Waals surface area contributed by atoms with Crippen molar-refractivity contribution < 1.29 is 4.79 Å². The molecule has 0 spiro atoms. The van der Waals surface area contributed by atoms with Crippen LogP contribution in [0.25, 0.3) is 11.0 Å². The Balaban J connectivity index is 1.88. The molecule has 2 atom stereocenters. The van der Waals surface area contributed by atoms with Crippen molar-refractivity contribution in [1.82, 2.24) is 15.3 Å². The quantitative estimate of drug-likeness (QED) is 0.865. The molecule has 0 saturated heterocycles. The van der Waals surface area contributed by atoms with E-state index in [1.54, 1.807) is 12.1 Å². The molecule has 5 nitrogen and oxygen atoms in total. The number of nitrogens with one attached hydrogen (secondary N) is 1. The predicted molar refractivity (Wildman–Crippen MR) is 77.5 cm³/mol. The topological polar surface area (TPSA) is 80.9 Å². The zero-order valence-corrected chi connectivity index (χ0v) is 11.7. The number of hydrogen-bond acceptors (Lipinski definition) is 4. The van der Waals surface area contributed by atoms with Crippen LogP contribution in [0, 0.1) is 13.8 Å². The number of carbonyl (C=O) groups is 1. The highest BCUT2D eigenvalue weighted by atomic mass is 16.1. The fourth-order valence-electron chi connectivity index (χ4n) is 2.33. The number of aryl methyl sites for hydroxylation is 2. The molecule has 1 aliphatic rings. The summed E-state index contributed by atoms with van der Waals surface area (Å²) >= 11 is 0. The van der Waals surface area contributed by atoms with Gasteiger partial charge in [-0.25, -0.2) is 9.97 Å². The largest absolute Gasteiger partial charge is 0.348 e. The Morgan fingerprint density at radius 2 is 1.90 bits per heavy atom. The summed E-state index contributed by atoms with van der Waals surface area (Å²) in [6.45, 7) is 3.85. The molecule has 3 rings (SSSR count). The smallest absolute Gasteiger partial charge is 0.251 e. The first-order chi connectivity index (χ1) is 9.54. The molecule has 5 heteroatoms. The molecular formula is C15H18N4O. The van der Waals surface area contributed by atoms with Crippen LogP contribution in [0.15, 0.2) is 18.2 Å². The van der Waals surface area contributed by atoms with Gasteiger partial charge in [-0.3, -0.25) is 4.79 Å². The van der Waals surface area contributed by atoms with Gasteiger partial charge >= 0.3 is 0 Å². The maximum absolute atomic E-state index is 12.2. The van der Waals surface area contributed by atoms with Crippen LogP contribution in [0.3, 0.4) is 0 Å². The van der Waals surface area contributed by atoms with Gasteiger partial charge in [0.15, 0.2) is 0 Å². The van der Waals surface area contributed by atoms with Crippen molar-refractivity contribution in [2.45, 2.75) is 38.8 Å². The van der Waals surface area contributed by atoms with Gasteiger partial charge in [0.25, 0.3) is 5.91 Å². The Labute approximate surface area is 117 Å². The first kappa shape index (κ1) is 13.0. The maximum atomic E-state index is 12.2. The third-order valence-corrected chi connectivity index (χ3v) is 3.98. The highest BCUT2D eigenvalue weighted by Crippen LogP contribution is 2.19. The van der Waals surface area contributed by atoms with Crippen molar-refractivity contribution in [3.05, 3.63) is 35.2 Å². The highest BCUT2D eigenvalue weighted by molar-refractivity contribution is 5.97. The van der Waals surface area contributed by atoms with E-state index >= 15 is 0 Å². The second-order valence-corrected chi connectivity index (χ2v) is 5.42. The summed E-state index contributed by atoms with van der Waals surface area (Å²) in [6, 6.07) is 5.59. The second-order valence-electron chi connectivity index (χ2n) is 5.42. The number of nitrogens with zero attached hydrogens (tertiary/aromatic N) is 2. The molecule has 1 aliphatic carbocycles. The molecule has 0 bridgehead atoms. The van der Waals surface area contributed by atoms with E-state index in [0.29, 0.717) is 5.56 Å². The maximum Gasteiger partial charge on any atom is 0.251 e. The first-order valence-electron chi connectivity index (χ1n) is 6.86. The fourth-order valence-corrected chi connectivity index (χ4v) is 2.33. The predicted octanol–water partition coefficient (Wildman–Crippen LogP) is 1.47. The minimum absolute atomic E-state index is 0.0871. The van der Waals surface area contributed by atoms with Crippen LogP contribution in [0.5, 0.6) is 0 Å². The van der Waals surface area contributed by atoms with Crippen molar-refractivity contribution >= 4 is 16.9 Å². The Morgan fingerprint density at radius 3 is 2.50 bits per heavy atom. The molecule has 1 heterocycles. The molecular weight excluding hydrogens is 252 g/mol. The van der Waals surface area contributed by atoms with Crippen LogP contribution in [0.1, 0.15) is 34.6 Å². The third kappa shape index (κ3) is 2.25. The Kier molecular flexibility index (Phi) is 3.14. The number of carbonyl (C=O) groups excluding carboxylic acids is 1. The monoisotopic (exact) mass is 270 g/mol. The Morgan fingerprint density at radius 1 is 1.20 bits per heavy atom. The fraction of sp³-hybridized carbons (Fsp3) is 0.400. The molecule has 104 valence electrons. The van der Waals surface area contributed by atoms with E-state index in [4.69, 9.17) is 5.73 Å². The van der Waals surface area contributed by atoms with Gasteiger partial charge in [0.05, 0.1) is 22.4 Å². The minimum Gasteiger partial charge on any atom is -0.348 e. The number of hydrogen-bond donors (Lipinski definition) is 2. The average molecular weight is 270 g/mol. The van der Waals surface area contributed by atoms with E-state index in [1.807, 2.05) is 19.9 Å². The van der Waals surface area contributed by atoms with Crippen molar-refractivity contribution in [2.24, 2.45) is 5.73 Å². The average Bonchev–Trinajstić information content (AvgIpc) is 2.43. The number of rotatable bonds is 2. The normalized spacial score (nSPS) is 21.6. The summed E-state index contributed by atoms with van der Waals surface area (Å²) in [6.07, 6.45) is 1.94. The minimum atomic E-state index is -0.0907. The van der Waals surface area contributed by atoms with Crippen molar-refractivity contribution in [1.29, 1.82) is 0 Å². The molecule has 1 amide bonds. The van der Waals surface area contributed by atoms with Gasteiger partial charge in [0, 0.05) is 17.6 Å². The SMILES string of the molecule is Cc1nc2ccc(C(=O)N[C@@H]3CC[C@@H]3N)cc2nc1C. The lowest BCUT2D eigenvalue weighted by atomic mass is 9.87. The number of nitrogens with two attached hydrogens (primary N) is 1. The lowest BCUT2D eigenvalue weighted by Crippen LogP contribution is -2.54. The third-order valence-electron chi connectivity index (χ3n) is 3.98. The van der Waals surface area contributed by atoms with Crippen LogP contribution >= 0.6 is 0 Å². The van der Waals surface area contributed by atoms with E-state index in [0.717, 1.165) is 35.3 Å². The van der Waals surface area contributed by atoms with E-state index in [1.165, 1.54) is 0 Å². The number of fused-ring (bicyclic) bond motifs is 1. The van der Waals surface area contributed by atoms with Gasteiger partial charge in [-0.1, -0.05) is 0 Å². The number of aromatic nitrogens is 2. The van der Waals surface area contributed by atoms with Crippen LogP contribution in [0.2, 0.25) is 0 Å². The van der Waals surface area contributed by atoms with Crippen molar-refractivity contribution in [3.63, 3.8) is 0 Å². The molecule has 1 saturated carbocycles. The molecule has 1 aromatic heterocycles. The molecule has 1 aromatic carbocycles. The zero-order valence-electron chi connectivity index (χ0n) is 11.7. The van der Waals surface area contributed by atoms with Gasteiger partial charge in [-0.05, 0) is 44.9 Å². The lowest BCUT2D eigenvalue weighted by Gasteiger charge is -2.34. The van der Waals surface area contributed by atoms with E-state index in [-0.39, 0.29) is 18.0 Å². The molecule has 0 unspecified atom stereocenters. The van der Waals surface area contributed by atoms with Crippen molar-refractivity contribution in [2.75, 3.05) is 0 Å². The summed E-state index contributed by atoms with van der Waals surface area (Å²) in [4.78, 5) is 21.1. The first-order valence-corrected chi connectivity index (χ1v) is 6.86. The molecule has 0 radical (unpaired) electrons.